The molecule has 1 aromatic carbocycles. The maximum atomic E-state index is 12.6. The normalized spacial score (nSPS) is 17.8. The number of carbonyl (C=O) groups is 1. The number of fused-ring (bicyclic) bond motifs is 1. The van der Waals surface area contributed by atoms with Gasteiger partial charge in [-0.3, -0.25) is 14.4 Å². The zero-order valence-electron chi connectivity index (χ0n) is 18.5. The molecule has 2 aliphatic heterocycles. The molecule has 1 saturated heterocycles. The van der Waals surface area contributed by atoms with Crippen molar-refractivity contribution in [2.45, 2.75) is 57.3 Å². The standard InChI is InChI=1S/C24H33N3O5/c28-23(7-2-1-3-13-27-14-6-10-25-27)32-22(18-26-11-4-5-12-26)24(29)19-8-9-20-21(17-19)31-16-15-30-20/h6,8-10,14,17,22,24,29H,1-5,7,11-13,15-16,18H2. The summed E-state index contributed by atoms with van der Waals surface area (Å²) in [5, 5.41) is 15.3. The minimum Gasteiger partial charge on any atom is -0.486 e. The van der Waals surface area contributed by atoms with Crippen LogP contribution in [0.25, 0.3) is 0 Å². The van der Waals surface area contributed by atoms with Crippen LogP contribution in [-0.2, 0) is 16.1 Å². The van der Waals surface area contributed by atoms with E-state index in [0.717, 1.165) is 51.7 Å². The van der Waals surface area contributed by atoms with E-state index < -0.39 is 12.2 Å². The van der Waals surface area contributed by atoms with Gasteiger partial charge >= 0.3 is 5.97 Å². The molecular weight excluding hydrogens is 410 g/mol. The van der Waals surface area contributed by atoms with Crippen LogP contribution in [-0.4, -0.2) is 64.7 Å². The monoisotopic (exact) mass is 443 g/mol. The third-order valence-electron chi connectivity index (χ3n) is 6.01. The van der Waals surface area contributed by atoms with Gasteiger partial charge in [0.1, 0.15) is 25.4 Å². The first-order chi connectivity index (χ1) is 15.7. The third-order valence-corrected chi connectivity index (χ3v) is 6.01. The van der Waals surface area contributed by atoms with Crippen molar-refractivity contribution in [1.82, 2.24) is 14.7 Å². The van der Waals surface area contributed by atoms with E-state index in [0.29, 0.717) is 43.2 Å². The number of hydrogen-bond acceptors (Lipinski definition) is 7. The summed E-state index contributed by atoms with van der Waals surface area (Å²) in [7, 11) is 0. The lowest BCUT2D eigenvalue weighted by molar-refractivity contribution is -0.156. The molecule has 1 fully saturated rings. The van der Waals surface area contributed by atoms with Gasteiger partial charge < -0.3 is 19.3 Å². The van der Waals surface area contributed by atoms with E-state index in [4.69, 9.17) is 14.2 Å². The molecule has 0 spiro atoms. The highest BCUT2D eigenvalue weighted by atomic mass is 16.6. The number of ether oxygens (including phenoxy) is 3. The second-order valence-electron chi connectivity index (χ2n) is 8.46. The molecule has 174 valence electrons. The smallest absolute Gasteiger partial charge is 0.306 e. The lowest BCUT2D eigenvalue weighted by Gasteiger charge is -2.28. The Kier molecular flexibility index (Phi) is 8.01. The van der Waals surface area contributed by atoms with E-state index in [1.807, 2.05) is 23.0 Å². The van der Waals surface area contributed by atoms with Crippen molar-refractivity contribution in [3.05, 3.63) is 42.2 Å². The summed E-state index contributed by atoms with van der Waals surface area (Å²) in [5.74, 6) is 1.04. The van der Waals surface area contributed by atoms with Crippen LogP contribution in [0.5, 0.6) is 11.5 Å². The average Bonchev–Trinajstić information content (AvgIpc) is 3.52. The number of aromatic nitrogens is 2. The summed E-state index contributed by atoms with van der Waals surface area (Å²) >= 11 is 0. The van der Waals surface area contributed by atoms with Gasteiger partial charge in [-0.2, -0.15) is 5.10 Å². The zero-order chi connectivity index (χ0) is 22.2. The lowest BCUT2D eigenvalue weighted by atomic mass is 10.0. The number of aliphatic hydroxyl groups excluding tert-OH is 1. The number of unbranched alkanes of at least 4 members (excludes halogenated alkanes) is 2. The third kappa shape index (κ3) is 6.23. The van der Waals surface area contributed by atoms with E-state index in [1.165, 1.54) is 0 Å². The highest BCUT2D eigenvalue weighted by Crippen LogP contribution is 2.34. The van der Waals surface area contributed by atoms with Crippen LogP contribution in [0.4, 0.5) is 0 Å². The minimum atomic E-state index is -0.921. The fourth-order valence-corrected chi connectivity index (χ4v) is 4.26. The number of nitrogens with zero attached hydrogens (tertiary/aromatic N) is 3. The number of benzene rings is 1. The lowest BCUT2D eigenvalue weighted by Crippen LogP contribution is -2.37. The molecule has 2 aromatic rings. The topological polar surface area (TPSA) is 86.1 Å². The molecule has 0 aliphatic carbocycles. The van der Waals surface area contributed by atoms with Crippen LogP contribution in [0.15, 0.2) is 36.7 Å². The van der Waals surface area contributed by atoms with E-state index >= 15 is 0 Å². The molecule has 2 atom stereocenters. The molecule has 32 heavy (non-hydrogen) atoms. The Morgan fingerprint density at radius 2 is 1.94 bits per heavy atom. The molecule has 0 bridgehead atoms. The number of aliphatic hydroxyl groups is 1. The van der Waals surface area contributed by atoms with Crippen LogP contribution in [0.2, 0.25) is 0 Å². The first-order valence-electron chi connectivity index (χ1n) is 11.7. The van der Waals surface area contributed by atoms with Crippen molar-refractivity contribution in [2.24, 2.45) is 0 Å². The van der Waals surface area contributed by atoms with Crippen molar-refractivity contribution in [3.8, 4) is 11.5 Å². The molecule has 8 heteroatoms. The number of aryl methyl sites for hydroxylation is 1. The molecule has 2 unspecified atom stereocenters. The molecule has 8 nitrogen and oxygen atoms in total. The summed E-state index contributed by atoms with van der Waals surface area (Å²) in [4.78, 5) is 14.8. The Labute approximate surface area is 189 Å². The predicted octanol–water partition coefficient (Wildman–Crippen LogP) is 2.96. The second-order valence-corrected chi connectivity index (χ2v) is 8.46. The molecule has 1 aromatic heterocycles. The van der Waals surface area contributed by atoms with Crippen LogP contribution in [0.1, 0.15) is 50.2 Å². The Balaban J connectivity index is 1.31. The van der Waals surface area contributed by atoms with Gasteiger partial charge in [0.25, 0.3) is 0 Å². The molecule has 0 saturated carbocycles. The summed E-state index contributed by atoms with van der Waals surface area (Å²) in [6.07, 6.45) is 7.44. The van der Waals surface area contributed by atoms with Gasteiger partial charge in [-0.05, 0) is 62.5 Å². The van der Waals surface area contributed by atoms with Gasteiger partial charge in [-0.1, -0.05) is 12.5 Å². The fourth-order valence-electron chi connectivity index (χ4n) is 4.26. The summed E-state index contributed by atoms with van der Waals surface area (Å²) in [6, 6.07) is 7.32. The van der Waals surface area contributed by atoms with E-state index in [9.17, 15) is 9.90 Å². The number of likely N-dealkylation sites (tertiary alicyclic amines) is 1. The maximum absolute atomic E-state index is 12.6. The molecule has 2 aliphatic rings. The summed E-state index contributed by atoms with van der Waals surface area (Å²) < 4.78 is 18.9. The first kappa shape index (κ1) is 22.6. The quantitative estimate of drug-likeness (QED) is 0.422. The number of hydrogen-bond donors (Lipinski definition) is 1. The second kappa shape index (κ2) is 11.3. The zero-order valence-corrected chi connectivity index (χ0v) is 18.5. The first-order valence-corrected chi connectivity index (χ1v) is 11.7. The van der Waals surface area contributed by atoms with Crippen molar-refractivity contribution in [3.63, 3.8) is 0 Å². The molecule has 0 amide bonds. The summed E-state index contributed by atoms with van der Waals surface area (Å²) in [5.41, 5.74) is 0.672. The van der Waals surface area contributed by atoms with Crippen LogP contribution in [0, 0.1) is 0 Å². The van der Waals surface area contributed by atoms with Crippen molar-refractivity contribution >= 4 is 5.97 Å². The SMILES string of the molecule is O=C(CCCCCn1cccn1)OC(CN1CCCC1)C(O)c1ccc2c(c1)OCCO2. The van der Waals surface area contributed by atoms with Crippen LogP contribution >= 0.6 is 0 Å². The Bertz CT molecular complexity index is 851. The van der Waals surface area contributed by atoms with Crippen LogP contribution in [0.3, 0.4) is 0 Å². The van der Waals surface area contributed by atoms with Gasteiger partial charge in [-0.25, -0.2) is 0 Å². The molecule has 1 N–H and O–H groups in total. The number of rotatable bonds is 11. The number of carbonyl (C=O) groups excluding carboxylic acids is 1. The van der Waals surface area contributed by atoms with Crippen molar-refractivity contribution in [2.75, 3.05) is 32.8 Å². The molecular formula is C24H33N3O5. The molecule has 4 rings (SSSR count). The maximum Gasteiger partial charge on any atom is 0.306 e. The predicted molar refractivity (Wildman–Crippen MR) is 119 cm³/mol. The number of esters is 1. The molecule has 3 heterocycles. The Morgan fingerprint density at radius 1 is 1.12 bits per heavy atom. The van der Waals surface area contributed by atoms with Gasteiger partial charge in [0.15, 0.2) is 11.5 Å². The largest absolute Gasteiger partial charge is 0.486 e. The van der Waals surface area contributed by atoms with E-state index in [2.05, 4.69) is 10.00 Å². The van der Waals surface area contributed by atoms with E-state index in [1.54, 1.807) is 18.3 Å². The Morgan fingerprint density at radius 3 is 2.72 bits per heavy atom. The Hall–Kier alpha value is -2.58. The van der Waals surface area contributed by atoms with Gasteiger partial charge in [0.2, 0.25) is 0 Å². The van der Waals surface area contributed by atoms with Crippen molar-refractivity contribution in [1.29, 1.82) is 0 Å². The van der Waals surface area contributed by atoms with Crippen molar-refractivity contribution < 1.29 is 24.1 Å². The van der Waals surface area contributed by atoms with Crippen LogP contribution < -0.4 is 9.47 Å². The highest BCUT2D eigenvalue weighted by Gasteiger charge is 2.29. The average molecular weight is 444 g/mol. The summed E-state index contributed by atoms with van der Waals surface area (Å²) in [6.45, 7) is 4.32. The van der Waals surface area contributed by atoms with Gasteiger partial charge in [-0.15, -0.1) is 0 Å². The van der Waals surface area contributed by atoms with Gasteiger partial charge in [0.05, 0.1) is 0 Å². The molecule has 0 radical (unpaired) electrons. The fraction of sp³-hybridized carbons (Fsp3) is 0.583. The van der Waals surface area contributed by atoms with E-state index in [-0.39, 0.29) is 5.97 Å². The highest BCUT2D eigenvalue weighted by molar-refractivity contribution is 5.69. The van der Waals surface area contributed by atoms with Gasteiger partial charge in [0, 0.05) is 31.9 Å². The minimum absolute atomic E-state index is 0.259.